The van der Waals surface area contributed by atoms with E-state index in [0.29, 0.717) is 12.2 Å². The minimum Gasteiger partial charge on any atom is -0.494 e. The molecule has 0 N–H and O–H groups in total. The van der Waals surface area contributed by atoms with Gasteiger partial charge in [-0.25, -0.2) is 0 Å². The minimum atomic E-state index is -0.000749. The summed E-state index contributed by atoms with van der Waals surface area (Å²) in [6, 6.07) is 15.3. The van der Waals surface area contributed by atoms with Gasteiger partial charge in [0.15, 0.2) is 5.78 Å². The lowest BCUT2D eigenvalue weighted by molar-refractivity contribution is 0.104. The summed E-state index contributed by atoms with van der Waals surface area (Å²) in [5.74, 6) is 0.837. The number of hydrogen-bond acceptors (Lipinski definition) is 3. The van der Waals surface area contributed by atoms with Crippen LogP contribution in [0, 0.1) is 0 Å². The highest BCUT2D eigenvalue weighted by molar-refractivity contribution is 6.06. The molecule has 0 amide bonds. The summed E-state index contributed by atoms with van der Waals surface area (Å²) in [5, 5.41) is 0. The maximum Gasteiger partial charge on any atom is 0.185 e. The number of carbonyl (C=O) groups is 1. The van der Waals surface area contributed by atoms with Crippen LogP contribution in [0.1, 0.15) is 22.8 Å². The first kappa shape index (κ1) is 15.8. The zero-order chi connectivity index (χ0) is 15.9. The lowest BCUT2D eigenvalue weighted by atomic mass is 10.1. The van der Waals surface area contributed by atoms with E-state index < -0.39 is 0 Å². The van der Waals surface area contributed by atoms with Gasteiger partial charge in [0.1, 0.15) is 5.75 Å². The predicted molar refractivity (Wildman–Crippen MR) is 91.7 cm³/mol. The molecule has 0 bridgehead atoms. The summed E-state index contributed by atoms with van der Waals surface area (Å²) in [6.07, 6.45) is 3.41. The van der Waals surface area contributed by atoms with Crippen LogP contribution in [0.15, 0.2) is 54.6 Å². The number of carbonyl (C=O) groups excluding carboxylic acids is 1. The Kier molecular flexibility index (Phi) is 5.37. The molecule has 2 rings (SSSR count). The molecule has 0 aliphatic carbocycles. The van der Waals surface area contributed by atoms with Crippen LogP contribution in [0.4, 0.5) is 5.69 Å². The van der Waals surface area contributed by atoms with E-state index in [4.69, 9.17) is 4.74 Å². The monoisotopic (exact) mass is 295 g/mol. The maximum absolute atomic E-state index is 12.1. The van der Waals surface area contributed by atoms with Crippen molar-refractivity contribution in [3.05, 3.63) is 65.7 Å². The highest BCUT2D eigenvalue weighted by atomic mass is 16.5. The van der Waals surface area contributed by atoms with Crippen LogP contribution >= 0.6 is 0 Å². The van der Waals surface area contributed by atoms with Crippen molar-refractivity contribution in [1.82, 2.24) is 0 Å². The fourth-order valence-electron chi connectivity index (χ4n) is 2.03. The molecular weight excluding hydrogens is 274 g/mol. The van der Waals surface area contributed by atoms with Crippen LogP contribution in [-0.4, -0.2) is 26.5 Å². The Balaban J connectivity index is 2.04. The Morgan fingerprint density at radius 2 is 1.68 bits per heavy atom. The van der Waals surface area contributed by atoms with Crippen molar-refractivity contribution in [1.29, 1.82) is 0 Å². The second-order valence-corrected chi connectivity index (χ2v) is 5.14. The SMILES string of the molecule is CCOc1ccc(C=CC(=O)c2ccc(N(C)C)cc2)cc1. The van der Waals surface area contributed by atoms with E-state index in [9.17, 15) is 4.79 Å². The van der Waals surface area contributed by atoms with Gasteiger partial charge in [-0.15, -0.1) is 0 Å². The highest BCUT2D eigenvalue weighted by Crippen LogP contribution is 2.15. The Bertz CT molecular complexity index is 640. The fraction of sp³-hybridized carbons (Fsp3) is 0.211. The summed E-state index contributed by atoms with van der Waals surface area (Å²) in [4.78, 5) is 14.1. The molecular formula is C19H21NO2. The van der Waals surface area contributed by atoms with E-state index in [1.54, 1.807) is 6.08 Å². The first-order chi connectivity index (χ1) is 10.6. The van der Waals surface area contributed by atoms with Crippen molar-refractivity contribution >= 4 is 17.5 Å². The van der Waals surface area contributed by atoms with E-state index in [1.807, 2.05) is 80.5 Å². The van der Waals surface area contributed by atoms with Crippen LogP contribution in [0.25, 0.3) is 6.08 Å². The number of anilines is 1. The lowest BCUT2D eigenvalue weighted by Crippen LogP contribution is -2.08. The maximum atomic E-state index is 12.1. The molecule has 0 fully saturated rings. The third-order valence-corrected chi connectivity index (χ3v) is 3.29. The molecule has 0 radical (unpaired) electrons. The number of ketones is 1. The van der Waals surface area contributed by atoms with Crippen LogP contribution in [-0.2, 0) is 0 Å². The molecule has 2 aromatic rings. The first-order valence-electron chi connectivity index (χ1n) is 7.33. The van der Waals surface area contributed by atoms with Gasteiger partial charge >= 0.3 is 0 Å². The standard InChI is InChI=1S/C19H21NO2/c1-4-22-18-12-5-15(6-13-18)7-14-19(21)16-8-10-17(11-9-16)20(2)3/h5-14H,4H2,1-3H3. The Hall–Kier alpha value is -2.55. The first-order valence-corrected chi connectivity index (χ1v) is 7.33. The fourth-order valence-corrected chi connectivity index (χ4v) is 2.03. The summed E-state index contributed by atoms with van der Waals surface area (Å²) in [5.41, 5.74) is 2.74. The quantitative estimate of drug-likeness (QED) is 0.595. The molecule has 114 valence electrons. The van der Waals surface area contributed by atoms with Crippen molar-refractivity contribution in [2.24, 2.45) is 0 Å². The highest BCUT2D eigenvalue weighted by Gasteiger charge is 2.02. The average Bonchev–Trinajstić information content (AvgIpc) is 2.54. The predicted octanol–water partition coefficient (Wildman–Crippen LogP) is 4.05. The largest absolute Gasteiger partial charge is 0.494 e. The van der Waals surface area contributed by atoms with Crippen LogP contribution in [0.3, 0.4) is 0 Å². The molecule has 2 aromatic carbocycles. The average molecular weight is 295 g/mol. The summed E-state index contributed by atoms with van der Waals surface area (Å²) in [6.45, 7) is 2.60. The number of ether oxygens (including phenoxy) is 1. The number of allylic oxidation sites excluding steroid dienone is 1. The molecule has 3 heteroatoms. The van der Waals surface area contributed by atoms with Gasteiger partial charge in [-0.3, -0.25) is 4.79 Å². The second-order valence-electron chi connectivity index (χ2n) is 5.14. The van der Waals surface area contributed by atoms with E-state index in [0.717, 1.165) is 17.0 Å². The molecule has 0 aromatic heterocycles. The smallest absolute Gasteiger partial charge is 0.185 e. The molecule has 0 saturated carbocycles. The molecule has 0 aliphatic rings. The topological polar surface area (TPSA) is 29.5 Å². The minimum absolute atomic E-state index is 0.000749. The summed E-state index contributed by atoms with van der Waals surface area (Å²) < 4.78 is 5.39. The van der Waals surface area contributed by atoms with Gasteiger partial charge in [0.05, 0.1) is 6.61 Å². The summed E-state index contributed by atoms with van der Waals surface area (Å²) >= 11 is 0. The Morgan fingerprint density at radius 1 is 1.05 bits per heavy atom. The zero-order valence-electron chi connectivity index (χ0n) is 13.2. The molecule has 0 aliphatic heterocycles. The zero-order valence-corrected chi connectivity index (χ0v) is 13.2. The summed E-state index contributed by atoms with van der Waals surface area (Å²) in [7, 11) is 3.95. The van der Waals surface area contributed by atoms with Crippen molar-refractivity contribution in [3.63, 3.8) is 0 Å². The van der Waals surface area contributed by atoms with Crippen molar-refractivity contribution < 1.29 is 9.53 Å². The van der Waals surface area contributed by atoms with Gasteiger partial charge in [0.25, 0.3) is 0 Å². The van der Waals surface area contributed by atoms with Crippen LogP contribution in [0.2, 0.25) is 0 Å². The van der Waals surface area contributed by atoms with Crippen LogP contribution < -0.4 is 9.64 Å². The van der Waals surface area contributed by atoms with Crippen molar-refractivity contribution in [2.75, 3.05) is 25.6 Å². The second kappa shape index (κ2) is 7.46. The van der Waals surface area contributed by atoms with Crippen LogP contribution in [0.5, 0.6) is 5.75 Å². The molecule has 0 saturated heterocycles. The van der Waals surface area contributed by atoms with Gasteiger partial charge < -0.3 is 9.64 Å². The van der Waals surface area contributed by atoms with Gasteiger partial charge in [-0.1, -0.05) is 18.2 Å². The van der Waals surface area contributed by atoms with Crippen molar-refractivity contribution in [2.45, 2.75) is 6.92 Å². The van der Waals surface area contributed by atoms with Gasteiger partial charge in [-0.05, 0) is 55.0 Å². The van der Waals surface area contributed by atoms with Gasteiger partial charge in [0.2, 0.25) is 0 Å². The molecule has 0 heterocycles. The Morgan fingerprint density at radius 3 is 2.23 bits per heavy atom. The van der Waals surface area contributed by atoms with Gasteiger partial charge in [0, 0.05) is 25.3 Å². The van der Waals surface area contributed by atoms with E-state index in [2.05, 4.69) is 0 Å². The number of hydrogen-bond donors (Lipinski definition) is 0. The number of nitrogens with zero attached hydrogens (tertiary/aromatic N) is 1. The van der Waals surface area contributed by atoms with E-state index >= 15 is 0 Å². The molecule has 0 spiro atoms. The third-order valence-electron chi connectivity index (χ3n) is 3.29. The number of rotatable bonds is 6. The third kappa shape index (κ3) is 4.22. The number of benzene rings is 2. The molecule has 3 nitrogen and oxygen atoms in total. The molecule has 22 heavy (non-hydrogen) atoms. The van der Waals surface area contributed by atoms with E-state index in [-0.39, 0.29) is 5.78 Å². The van der Waals surface area contributed by atoms with E-state index in [1.165, 1.54) is 0 Å². The molecule has 0 unspecified atom stereocenters. The lowest BCUT2D eigenvalue weighted by Gasteiger charge is -2.11. The normalized spacial score (nSPS) is 10.7. The molecule has 0 atom stereocenters. The Labute approximate surface area is 131 Å². The van der Waals surface area contributed by atoms with Crippen molar-refractivity contribution in [3.8, 4) is 5.75 Å². The van der Waals surface area contributed by atoms with Gasteiger partial charge in [-0.2, -0.15) is 0 Å².